The predicted octanol–water partition coefficient (Wildman–Crippen LogP) is 3.18. The summed E-state index contributed by atoms with van der Waals surface area (Å²) in [4.78, 5) is 5.13. The van der Waals surface area contributed by atoms with Gasteiger partial charge in [0.1, 0.15) is 0 Å². The number of likely N-dealkylation sites (N-methyl/N-ethyl adjacent to an activating group) is 1. The van der Waals surface area contributed by atoms with Crippen molar-refractivity contribution in [1.82, 2.24) is 4.90 Å². The lowest BCUT2D eigenvalue weighted by atomic mass is 10.0. The van der Waals surface area contributed by atoms with Crippen molar-refractivity contribution in [3.05, 3.63) is 21.9 Å². The number of thiophene rings is 1. The molecular formula is C13H24N2S. The highest BCUT2D eigenvalue weighted by Gasteiger charge is 2.25. The Morgan fingerprint density at radius 2 is 2.00 bits per heavy atom. The zero-order valence-corrected chi connectivity index (χ0v) is 11.8. The number of rotatable bonds is 5. The second-order valence-corrected chi connectivity index (χ2v) is 6.04. The Bertz CT molecular complexity index is 319. The molecule has 0 aliphatic carbocycles. The summed E-state index contributed by atoms with van der Waals surface area (Å²) < 4.78 is 0. The third-order valence-electron chi connectivity index (χ3n) is 3.18. The molecule has 92 valence electrons. The minimum absolute atomic E-state index is 0.213. The van der Waals surface area contributed by atoms with E-state index >= 15 is 0 Å². The highest BCUT2D eigenvalue weighted by molar-refractivity contribution is 7.12. The lowest BCUT2D eigenvalue weighted by Gasteiger charge is -2.34. The van der Waals surface area contributed by atoms with Gasteiger partial charge in [0.15, 0.2) is 0 Å². The van der Waals surface area contributed by atoms with E-state index in [1.165, 1.54) is 9.75 Å². The Labute approximate surface area is 103 Å². The van der Waals surface area contributed by atoms with Crippen molar-refractivity contribution >= 4 is 11.3 Å². The topological polar surface area (TPSA) is 29.3 Å². The summed E-state index contributed by atoms with van der Waals surface area (Å²) in [6.07, 6.45) is 1.01. The molecule has 0 amide bonds. The summed E-state index contributed by atoms with van der Waals surface area (Å²) in [5.74, 6) is 0. The summed E-state index contributed by atoms with van der Waals surface area (Å²) >= 11 is 1.86. The third-order valence-corrected chi connectivity index (χ3v) is 4.25. The first kappa shape index (κ1) is 13.7. The van der Waals surface area contributed by atoms with Gasteiger partial charge in [-0.25, -0.2) is 0 Å². The van der Waals surface area contributed by atoms with Crippen LogP contribution < -0.4 is 5.73 Å². The van der Waals surface area contributed by atoms with Gasteiger partial charge in [-0.1, -0.05) is 6.92 Å². The molecule has 3 heteroatoms. The molecule has 2 atom stereocenters. The largest absolute Gasteiger partial charge is 0.326 e. The minimum Gasteiger partial charge on any atom is -0.326 e. The van der Waals surface area contributed by atoms with Crippen molar-refractivity contribution in [3.8, 4) is 0 Å². The van der Waals surface area contributed by atoms with Gasteiger partial charge in [0.25, 0.3) is 0 Å². The number of hydrogen-bond donors (Lipinski definition) is 1. The van der Waals surface area contributed by atoms with Crippen LogP contribution in [0, 0.1) is 6.92 Å². The molecule has 0 aliphatic heterocycles. The van der Waals surface area contributed by atoms with Gasteiger partial charge in [0, 0.05) is 21.8 Å². The molecule has 1 aromatic heterocycles. The molecule has 0 aromatic carbocycles. The van der Waals surface area contributed by atoms with Gasteiger partial charge in [-0.15, -0.1) is 11.3 Å². The quantitative estimate of drug-likeness (QED) is 0.856. The van der Waals surface area contributed by atoms with E-state index in [-0.39, 0.29) is 6.04 Å². The second-order valence-electron chi connectivity index (χ2n) is 4.72. The summed E-state index contributed by atoms with van der Waals surface area (Å²) in [6, 6.07) is 5.49. The fraction of sp³-hybridized carbons (Fsp3) is 0.692. The van der Waals surface area contributed by atoms with Crippen LogP contribution in [0.2, 0.25) is 0 Å². The van der Waals surface area contributed by atoms with Crippen molar-refractivity contribution in [3.63, 3.8) is 0 Å². The molecule has 1 rings (SSSR count). The first-order chi connectivity index (χ1) is 7.47. The van der Waals surface area contributed by atoms with Crippen molar-refractivity contribution in [2.24, 2.45) is 5.73 Å². The Morgan fingerprint density at radius 1 is 1.38 bits per heavy atom. The van der Waals surface area contributed by atoms with Crippen LogP contribution in [0.1, 0.15) is 43.0 Å². The van der Waals surface area contributed by atoms with E-state index in [1.807, 2.05) is 11.3 Å². The van der Waals surface area contributed by atoms with E-state index in [0.29, 0.717) is 12.1 Å². The van der Waals surface area contributed by atoms with E-state index in [1.54, 1.807) is 0 Å². The van der Waals surface area contributed by atoms with Crippen LogP contribution in [-0.2, 0) is 0 Å². The van der Waals surface area contributed by atoms with Crippen LogP contribution >= 0.6 is 11.3 Å². The summed E-state index contributed by atoms with van der Waals surface area (Å²) in [7, 11) is 2.17. The second kappa shape index (κ2) is 5.80. The van der Waals surface area contributed by atoms with Gasteiger partial charge in [-0.3, -0.25) is 4.90 Å². The molecular weight excluding hydrogens is 216 g/mol. The lowest BCUT2D eigenvalue weighted by molar-refractivity contribution is 0.171. The summed E-state index contributed by atoms with van der Waals surface area (Å²) in [5.41, 5.74) is 6.26. The zero-order valence-electron chi connectivity index (χ0n) is 11.0. The van der Waals surface area contributed by atoms with E-state index in [2.05, 4.69) is 51.8 Å². The van der Waals surface area contributed by atoms with Gasteiger partial charge in [0.2, 0.25) is 0 Å². The SMILES string of the molecule is CCC(N)C(c1ccc(C)s1)N(C)C(C)C. The standard InChI is InChI=1S/C13H24N2S/c1-6-11(14)13(15(5)9(2)3)12-8-7-10(4)16-12/h7-9,11,13H,6,14H2,1-5H3. The number of aryl methyl sites for hydroxylation is 1. The molecule has 0 bridgehead atoms. The lowest BCUT2D eigenvalue weighted by Crippen LogP contribution is -2.41. The molecule has 1 heterocycles. The van der Waals surface area contributed by atoms with Gasteiger partial charge in [-0.2, -0.15) is 0 Å². The monoisotopic (exact) mass is 240 g/mol. The van der Waals surface area contributed by atoms with Crippen molar-refractivity contribution in [2.75, 3.05) is 7.05 Å². The van der Waals surface area contributed by atoms with Crippen LogP contribution in [-0.4, -0.2) is 24.0 Å². The maximum absolute atomic E-state index is 6.26. The fourth-order valence-electron chi connectivity index (χ4n) is 1.87. The summed E-state index contributed by atoms with van der Waals surface area (Å²) in [6.45, 7) is 8.75. The molecule has 0 spiro atoms. The van der Waals surface area contributed by atoms with Crippen molar-refractivity contribution in [2.45, 2.75) is 52.2 Å². The van der Waals surface area contributed by atoms with E-state index in [4.69, 9.17) is 5.73 Å². The molecule has 2 nitrogen and oxygen atoms in total. The maximum Gasteiger partial charge on any atom is 0.0593 e. The number of nitrogens with two attached hydrogens (primary N) is 1. The predicted molar refractivity (Wildman–Crippen MR) is 73.0 cm³/mol. The third kappa shape index (κ3) is 3.06. The van der Waals surface area contributed by atoms with E-state index in [9.17, 15) is 0 Å². The average molecular weight is 240 g/mol. The number of hydrogen-bond acceptors (Lipinski definition) is 3. The molecule has 0 fully saturated rings. The molecule has 2 N–H and O–H groups in total. The zero-order chi connectivity index (χ0) is 12.3. The first-order valence-electron chi connectivity index (χ1n) is 6.01. The fourth-order valence-corrected chi connectivity index (χ4v) is 2.98. The van der Waals surface area contributed by atoms with E-state index in [0.717, 1.165) is 6.42 Å². The van der Waals surface area contributed by atoms with Crippen molar-refractivity contribution < 1.29 is 0 Å². The van der Waals surface area contributed by atoms with Gasteiger partial charge >= 0.3 is 0 Å². The van der Waals surface area contributed by atoms with Gasteiger partial charge in [-0.05, 0) is 46.4 Å². The van der Waals surface area contributed by atoms with Crippen molar-refractivity contribution in [1.29, 1.82) is 0 Å². The highest BCUT2D eigenvalue weighted by Crippen LogP contribution is 2.30. The molecule has 2 unspecified atom stereocenters. The van der Waals surface area contributed by atoms with Crippen LogP contribution in [0.3, 0.4) is 0 Å². The number of nitrogens with zero attached hydrogens (tertiary/aromatic N) is 1. The molecule has 0 saturated heterocycles. The van der Waals surface area contributed by atoms with E-state index < -0.39 is 0 Å². The minimum atomic E-state index is 0.213. The average Bonchev–Trinajstić information content (AvgIpc) is 2.64. The molecule has 16 heavy (non-hydrogen) atoms. The molecule has 1 aromatic rings. The Kier molecular flexibility index (Phi) is 4.96. The molecule has 0 saturated carbocycles. The maximum atomic E-state index is 6.26. The van der Waals surface area contributed by atoms with Gasteiger partial charge < -0.3 is 5.73 Å². The molecule has 0 radical (unpaired) electrons. The Hall–Kier alpha value is -0.380. The van der Waals surface area contributed by atoms with Gasteiger partial charge in [0.05, 0.1) is 6.04 Å². The van der Waals surface area contributed by atoms with Crippen LogP contribution in [0.4, 0.5) is 0 Å². The molecule has 0 aliphatic rings. The first-order valence-corrected chi connectivity index (χ1v) is 6.82. The Balaban J connectivity index is 2.96. The smallest absolute Gasteiger partial charge is 0.0593 e. The van der Waals surface area contributed by atoms with Crippen LogP contribution in [0.15, 0.2) is 12.1 Å². The normalized spacial score (nSPS) is 15.8. The highest BCUT2D eigenvalue weighted by atomic mass is 32.1. The van der Waals surface area contributed by atoms with Crippen LogP contribution in [0.5, 0.6) is 0 Å². The van der Waals surface area contributed by atoms with Crippen LogP contribution in [0.25, 0.3) is 0 Å². The summed E-state index contributed by atoms with van der Waals surface area (Å²) in [5, 5.41) is 0. The Morgan fingerprint density at radius 3 is 2.38 bits per heavy atom.